The lowest BCUT2D eigenvalue weighted by molar-refractivity contribution is 0.0602. The molecule has 6 heteroatoms. The highest BCUT2D eigenvalue weighted by molar-refractivity contribution is 6.03. The number of carbonyl (C=O) groups is 1. The molecular formula is C11H8O6. The van der Waals surface area contributed by atoms with Gasteiger partial charge in [0, 0.05) is 17.5 Å². The standard InChI is InChI=1S/C11H8O6/c1-16-11(15)6-3-10(14)17-9-4-8(13)7(12)2-5(6)9/h2-4,12-13H,1H3. The van der Waals surface area contributed by atoms with Crippen molar-refractivity contribution in [3.63, 3.8) is 0 Å². The lowest BCUT2D eigenvalue weighted by Crippen LogP contribution is -2.08. The summed E-state index contributed by atoms with van der Waals surface area (Å²) in [5.74, 6) is -1.59. The van der Waals surface area contributed by atoms with Crippen LogP contribution in [-0.2, 0) is 4.74 Å². The summed E-state index contributed by atoms with van der Waals surface area (Å²) in [5, 5.41) is 18.8. The highest BCUT2D eigenvalue weighted by Gasteiger charge is 2.15. The number of phenolic OH excluding ortho intramolecular Hbond substituents is 2. The van der Waals surface area contributed by atoms with Crippen molar-refractivity contribution in [2.75, 3.05) is 7.11 Å². The average Bonchev–Trinajstić information content (AvgIpc) is 2.29. The molecule has 0 aliphatic rings. The molecule has 2 N–H and O–H groups in total. The van der Waals surface area contributed by atoms with Crippen molar-refractivity contribution in [3.8, 4) is 11.5 Å². The van der Waals surface area contributed by atoms with Crippen molar-refractivity contribution >= 4 is 16.9 Å². The van der Waals surface area contributed by atoms with E-state index in [0.29, 0.717) is 0 Å². The van der Waals surface area contributed by atoms with Gasteiger partial charge in [-0.25, -0.2) is 9.59 Å². The molecule has 0 aliphatic heterocycles. The summed E-state index contributed by atoms with van der Waals surface area (Å²) in [4.78, 5) is 22.6. The highest BCUT2D eigenvalue weighted by atomic mass is 16.5. The van der Waals surface area contributed by atoms with Gasteiger partial charge in [-0.2, -0.15) is 0 Å². The number of rotatable bonds is 1. The number of esters is 1. The number of hydrogen-bond donors (Lipinski definition) is 2. The van der Waals surface area contributed by atoms with Crippen LogP contribution in [0.3, 0.4) is 0 Å². The molecule has 0 bridgehead atoms. The quantitative estimate of drug-likeness (QED) is 0.435. The van der Waals surface area contributed by atoms with Crippen molar-refractivity contribution in [1.82, 2.24) is 0 Å². The third kappa shape index (κ3) is 1.80. The van der Waals surface area contributed by atoms with Crippen molar-refractivity contribution in [3.05, 3.63) is 34.2 Å². The minimum Gasteiger partial charge on any atom is -0.504 e. The molecule has 0 radical (unpaired) electrons. The maximum Gasteiger partial charge on any atom is 0.338 e. The summed E-state index contributed by atoms with van der Waals surface area (Å²) in [5.41, 5.74) is -0.787. The molecule has 1 aromatic carbocycles. The lowest BCUT2D eigenvalue weighted by Gasteiger charge is -2.04. The number of hydrogen-bond acceptors (Lipinski definition) is 6. The van der Waals surface area contributed by atoms with Gasteiger partial charge >= 0.3 is 11.6 Å². The Labute approximate surface area is 94.7 Å². The van der Waals surface area contributed by atoms with Crippen LogP contribution in [0.25, 0.3) is 11.0 Å². The number of fused-ring (bicyclic) bond motifs is 1. The molecule has 0 atom stereocenters. The van der Waals surface area contributed by atoms with Crippen molar-refractivity contribution in [2.24, 2.45) is 0 Å². The van der Waals surface area contributed by atoms with Gasteiger partial charge in [0.25, 0.3) is 0 Å². The fourth-order valence-corrected chi connectivity index (χ4v) is 1.46. The van der Waals surface area contributed by atoms with E-state index in [1.807, 2.05) is 0 Å². The first-order valence-corrected chi connectivity index (χ1v) is 4.61. The first kappa shape index (κ1) is 11.0. The van der Waals surface area contributed by atoms with E-state index in [1.54, 1.807) is 0 Å². The molecular weight excluding hydrogens is 228 g/mol. The van der Waals surface area contributed by atoms with Gasteiger partial charge in [0.15, 0.2) is 11.5 Å². The van der Waals surface area contributed by atoms with Gasteiger partial charge in [-0.1, -0.05) is 0 Å². The predicted octanol–water partition coefficient (Wildman–Crippen LogP) is 0.991. The molecule has 2 aromatic rings. The SMILES string of the molecule is COC(=O)c1cc(=O)oc2cc(O)c(O)cc12. The average molecular weight is 236 g/mol. The van der Waals surface area contributed by atoms with E-state index >= 15 is 0 Å². The summed E-state index contributed by atoms with van der Waals surface area (Å²) in [6.07, 6.45) is 0. The molecule has 0 amide bonds. The first-order chi connectivity index (χ1) is 8.02. The van der Waals surface area contributed by atoms with Gasteiger partial charge in [0.2, 0.25) is 0 Å². The Hall–Kier alpha value is -2.50. The fourth-order valence-electron chi connectivity index (χ4n) is 1.46. The maximum absolute atomic E-state index is 11.4. The Balaban J connectivity index is 2.88. The zero-order valence-corrected chi connectivity index (χ0v) is 8.76. The summed E-state index contributed by atoms with van der Waals surface area (Å²) in [6, 6.07) is 3.14. The van der Waals surface area contributed by atoms with E-state index in [0.717, 1.165) is 18.2 Å². The number of methoxy groups -OCH3 is 1. The zero-order valence-electron chi connectivity index (χ0n) is 8.76. The van der Waals surface area contributed by atoms with E-state index in [4.69, 9.17) is 4.42 Å². The van der Waals surface area contributed by atoms with Gasteiger partial charge in [0.05, 0.1) is 12.7 Å². The van der Waals surface area contributed by atoms with Crippen LogP contribution in [0.1, 0.15) is 10.4 Å². The summed E-state index contributed by atoms with van der Waals surface area (Å²) < 4.78 is 9.30. The summed E-state index contributed by atoms with van der Waals surface area (Å²) in [6.45, 7) is 0. The molecule has 17 heavy (non-hydrogen) atoms. The summed E-state index contributed by atoms with van der Waals surface area (Å²) >= 11 is 0. The fraction of sp³-hybridized carbons (Fsp3) is 0.0909. The van der Waals surface area contributed by atoms with Crippen LogP contribution in [0.2, 0.25) is 0 Å². The Morgan fingerprint density at radius 2 is 1.88 bits per heavy atom. The Morgan fingerprint density at radius 3 is 2.53 bits per heavy atom. The molecule has 0 saturated heterocycles. The number of ether oxygens (including phenoxy) is 1. The predicted molar refractivity (Wildman–Crippen MR) is 57.2 cm³/mol. The van der Waals surface area contributed by atoms with Crippen molar-refractivity contribution in [1.29, 1.82) is 0 Å². The van der Waals surface area contributed by atoms with Crippen LogP contribution in [-0.4, -0.2) is 23.3 Å². The minimum atomic E-state index is -0.747. The van der Waals surface area contributed by atoms with E-state index in [-0.39, 0.29) is 16.5 Å². The molecule has 6 nitrogen and oxygen atoms in total. The second-order valence-corrected chi connectivity index (χ2v) is 3.31. The number of carbonyl (C=O) groups excluding carboxylic acids is 1. The van der Waals surface area contributed by atoms with Crippen LogP contribution in [0.5, 0.6) is 11.5 Å². The Kier molecular flexibility index (Phi) is 2.47. The molecule has 1 heterocycles. The van der Waals surface area contributed by atoms with Gasteiger partial charge in [-0.15, -0.1) is 0 Å². The van der Waals surface area contributed by atoms with E-state index in [1.165, 1.54) is 7.11 Å². The molecule has 2 rings (SSSR count). The Bertz CT molecular complexity index is 655. The van der Waals surface area contributed by atoms with Gasteiger partial charge in [0.1, 0.15) is 5.58 Å². The van der Waals surface area contributed by atoms with Gasteiger partial charge in [-0.05, 0) is 6.07 Å². The lowest BCUT2D eigenvalue weighted by atomic mass is 10.1. The molecule has 1 aromatic heterocycles. The number of phenols is 2. The second kappa shape index (κ2) is 3.82. The molecule has 88 valence electrons. The van der Waals surface area contributed by atoms with Gasteiger partial charge in [-0.3, -0.25) is 0 Å². The third-order valence-corrected chi connectivity index (χ3v) is 2.24. The number of benzene rings is 1. The maximum atomic E-state index is 11.4. The van der Waals surface area contributed by atoms with Crippen LogP contribution in [0.4, 0.5) is 0 Å². The monoisotopic (exact) mass is 236 g/mol. The molecule has 0 spiro atoms. The smallest absolute Gasteiger partial charge is 0.338 e. The Morgan fingerprint density at radius 1 is 1.24 bits per heavy atom. The summed E-state index contributed by atoms with van der Waals surface area (Å²) in [7, 11) is 1.17. The first-order valence-electron chi connectivity index (χ1n) is 4.61. The second-order valence-electron chi connectivity index (χ2n) is 3.31. The highest BCUT2D eigenvalue weighted by Crippen LogP contribution is 2.31. The van der Waals surface area contributed by atoms with Crippen LogP contribution >= 0.6 is 0 Å². The van der Waals surface area contributed by atoms with Crippen LogP contribution in [0.15, 0.2) is 27.4 Å². The molecule has 0 fully saturated rings. The number of aromatic hydroxyl groups is 2. The normalized spacial score (nSPS) is 10.4. The van der Waals surface area contributed by atoms with Crippen LogP contribution < -0.4 is 5.63 Å². The van der Waals surface area contributed by atoms with Crippen molar-refractivity contribution < 1.29 is 24.2 Å². The van der Waals surface area contributed by atoms with Gasteiger partial charge < -0.3 is 19.4 Å². The molecule has 0 unspecified atom stereocenters. The van der Waals surface area contributed by atoms with E-state index in [9.17, 15) is 19.8 Å². The largest absolute Gasteiger partial charge is 0.504 e. The molecule has 0 saturated carbocycles. The topological polar surface area (TPSA) is 97.0 Å². The van der Waals surface area contributed by atoms with Crippen molar-refractivity contribution in [2.45, 2.75) is 0 Å². The minimum absolute atomic E-state index is 0.00630. The third-order valence-electron chi connectivity index (χ3n) is 2.24. The molecule has 0 aliphatic carbocycles. The van der Waals surface area contributed by atoms with E-state index < -0.39 is 23.1 Å². The van der Waals surface area contributed by atoms with Crippen LogP contribution in [0, 0.1) is 0 Å². The zero-order chi connectivity index (χ0) is 12.6. The van der Waals surface area contributed by atoms with E-state index in [2.05, 4.69) is 4.74 Å².